The molecule has 1 aromatic carbocycles. The van der Waals surface area contributed by atoms with Crippen molar-refractivity contribution in [2.75, 3.05) is 6.54 Å². The summed E-state index contributed by atoms with van der Waals surface area (Å²) < 4.78 is 40.4. The largest absolute Gasteiger partial charge is 0.341 e. The van der Waals surface area contributed by atoms with Crippen molar-refractivity contribution in [3.8, 4) is 0 Å². The van der Waals surface area contributed by atoms with Gasteiger partial charge in [-0.3, -0.25) is 0 Å². The standard InChI is InChI=1S/C17H15F3N2/c1-10(21)16-7-15-3-2-12(18)8-22(15)9-17(16)11-4-13(19)6-14(20)5-11/h2-8,10H,9,21H2,1H3. The van der Waals surface area contributed by atoms with E-state index in [1.807, 2.05) is 6.08 Å². The second kappa shape index (κ2) is 5.50. The first-order valence-corrected chi connectivity index (χ1v) is 6.93. The molecule has 2 N–H and O–H groups in total. The summed E-state index contributed by atoms with van der Waals surface area (Å²) in [6, 6.07) is 3.04. The molecule has 1 aromatic rings. The van der Waals surface area contributed by atoms with Crippen molar-refractivity contribution in [2.24, 2.45) is 5.73 Å². The first-order valence-electron chi connectivity index (χ1n) is 6.93. The van der Waals surface area contributed by atoms with Crippen LogP contribution in [0.2, 0.25) is 0 Å². The second-order valence-electron chi connectivity index (χ2n) is 5.43. The summed E-state index contributed by atoms with van der Waals surface area (Å²) in [5, 5.41) is 0. The maximum Gasteiger partial charge on any atom is 0.139 e. The van der Waals surface area contributed by atoms with E-state index in [-0.39, 0.29) is 11.9 Å². The maximum absolute atomic E-state index is 13.5. The van der Waals surface area contributed by atoms with E-state index in [1.54, 1.807) is 17.9 Å². The predicted octanol–water partition coefficient (Wildman–Crippen LogP) is 3.65. The average Bonchev–Trinajstić information content (AvgIpc) is 2.44. The monoisotopic (exact) mass is 304 g/mol. The van der Waals surface area contributed by atoms with Gasteiger partial charge >= 0.3 is 0 Å². The number of hydrogen-bond acceptors (Lipinski definition) is 2. The van der Waals surface area contributed by atoms with Crippen LogP contribution in [0.5, 0.6) is 0 Å². The van der Waals surface area contributed by atoms with Crippen molar-refractivity contribution in [1.29, 1.82) is 0 Å². The van der Waals surface area contributed by atoms with Crippen molar-refractivity contribution < 1.29 is 13.2 Å². The molecule has 0 spiro atoms. The zero-order valence-corrected chi connectivity index (χ0v) is 12.0. The van der Waals surface area contributed by atoms with Crippen LogP contribution in [0.1, 0.15) is 12.5 Å². The van der Waals surface area contributed by atoms with E-state index in [9.17, 15) is 13.2 Å². The Hall–Kier alpha value is -2.27. The van der Waals surface area contributed by atoms with E-state index in [0.717, 1.165) is 17.3 Å². The molecule has 0 bridgehead atoms. The van der Waals surface area contributed by atoms with E-state index in [2.05, 4.69) is 0 Å². The molecule has 0 saturated carbocycles. The van der Waals surface area contributed by atoms with Gasteiger partial charge in [0.2, 0.25) is 0 Å². The highest BCUT2D eigenvalue weighted by Gasteiger charge is 2.23. The van der Waals surface area contributed by atoms with Crippen LogP contribution in [0, 0.1) is 11.6 Å². The third-order valence-electron chi connectivity index (χ3n) is 3.71. The fraction of sp³-hybridized carbons (Fsp3) is 0.176. The van der Waals surface area contributed by atoms with Gasteiger partial charge in [-0.25, -0.2) is 13.2 Å². The zero-order valence-electron chi connectivity index (χ0n) is 12.0. The van der Waals surface area contributed by atoms with Gasteiger partial charge in [-0.15, -0.1) is 0 Å². The predicted molar refractivity (Wildman–Crippen MR) is 80.0 cm³/mol. The Morgan fingerprint density at radius 3 is 2.41 bits per heavy atom. The highest BCUT2D eigenvalue weighted by atomic mass is 19.1. The van der Waals surface area contributed by atoms with Gasteiger partial charge in [-0.05, 0) is 54.0 Å². The van der Waals surface area contributed by atoms with Crippen LogP contribution in [0.25, 0.3) is 5.57 Å². The SMILES string of the molecule is CC(N)C1=C(c2cc(F)cc(F)c2)CN2C=C(F)C=CC2=C1. The van der Waals surface area contributed by atoms with E-state index in [1.165, 1.54) is 24.4 Å². The first kappa shape index (κ1) is 14.7. The van der Waals surface area contributed by atoms with Gasteiger partial charge in [0.25, 0.3) is 0 Å². The molecule has 1 atom stereocenters. The van der Waals surface area contributed by atoms with Crippen LogP contribution in [-0.2, 0) is 0 Å². The Bertz CT molecular complexity index is 722. The van der Waals surface area contributed by atoms with Crippen molar-refractivity contribution in [1.82, 2.24) is 4.90 Å². The van der Waals surface area contributed by atoms with E-state index < -0.39 is 11.6 Å². The molecule has 2 aliphatic rings. The second-order valence-corrected chi connectivity index (χ2v) is 5.43. The molecule has 0 aromatic heterocycles. The van der Waals surface area contributed by atoms with Gasteiger partial charge in [-0.2, -0.15) is 0 Å². The first-order chi connectivity index (χ1) is 10.4. The number of nitrogens with zero attached hydrogens (tertiary/aromatic N) is 1. The average molecular weight is 304 g/mol. The molecule has 1 unspecified atom stereocenters. The van der Waals surface area contributed by atoms with Gasteiger partial charge in [0.15, 0.2) is 0 Å². The van der Waals surface area contributed by atoms with Crippen LogP contribution < -0.4 is 5.73 Å². The lowest BCUT2D eigenvalue weighted by Gasteiger charge is -2.32. The number of halogens is 3. The van der Waals surface area contributed by atoms with E-state index in [4.69, 9.17) is 5.73 Å². The number of nitrogens with two attached hydrogens (primary N) is 1. The Labute approximate surface area is 126 Å². The minimum atomic E-state index is -0.651. The number of fused-ring (bicyclic) bond motifs is 1. The highest BCUT2D eigenvalue weighted by molar-refractivity contribution is 5.75. The van der Waals surface area contributed by atoms with Gasteiger partial charge in [0, 0.05) is 30.5 Å². The summed E-state index contributed by atoms with van der Waals surface area (Å²) in [6.45, 7) is 2.12. The van der Waals surface area contributed by atoms with Crippen LogP contribution in [0.4, 0.5) is 13.2 Å². The summed E-state index contributed by atoms with van der Waals surface area (Å²) in [5.74, 6) is -1.67. The third kappa shape index (κ3) is 2.72. The topological polar surface area (TPSA) is 29.3 Å². The third-order valence-corrected chi connectivity index (χ3v) is 3.71. The quantitative estimate of drug-likeness (QED) is 0.904. The Morgan fingerprint density at radius 2 is 1.77 bits per heavy atom. The molecule has 0 radical (unpaired) electrons. The summed E-state index contributed by atoms with van der Waals surface area (Å²) in [4.78, 5) is 1.69. The van der Waals surface area contributed by atoms with E-state index >= 15 is 0 Å². The number of hydrogen-bond donors (Lipinski definition) is 1. The van der Waals surface area contributed by atoms with Crippen molar-refractivity contribution >= 4 is 5.57 Å². The Kier molecular flexibility index (Phi) is 3.66. The fourth-order valence-electron chi connectivity index (χ4n) is 2.70. The molecule has 0 aliphatic carbocycles. The molecule has 0 fully saturated rings. The summed E-state index contributed by atoms with van der Waals surface area (Å²) >= 11 is 0. The molecule has 5 heteroatoms. The fourth-order valence-corrected chi connectivity index (χ4v) is 2.70. The molecule has 2 nitrogen and oxygen atoms in total. The van der Waals surface area contributed by atoms with E-state index in [0.29, 0.717) is 17.7 Å². The molecular formula is C17H15F3N2. The molecule has 0 amide bonds. The molecular weight excluding hydrogens is 289 g/mol. The summed E-state index contributed by atoms with van der Waals surface area (Å²) in [7, 11) is 0. The molecule has 114 valence electrons. The Balaban J connectivity index is 2.13. The van der Waals surface area contributed by atoms with Crippen LogP contribution in [-0.4, -0.2) is 17.5 Å². The molecule has 0 saturated heterocycles. The molecule has 22 heavy (non-hydrogen) atoms. The minimum absolute atomic E-state index is 0.305. The maximum atomic E-state index is 13.5. The lowest BCUT2D eigenvalue weighted by atomic mass is 9.91. The number of allylic oxidation sites excluding steroid dienone is 3. The lowest BCUT2D eigenvalue weighted by Crippen LogP contribution is -2.29. The summed E-state index contributed by atoms with van der Waals surface area (Å²) in [5.41, 5.74) is 8.70. The minimum Gasteiger partial charge on any atom is -0.341 e. The molecule has 3 rings (SSSR count). The van der Waals surface area contributed by atoms with Crippen LogP contribution in [0.3, 0.4) is 0 Å². The Morgan fingerprint density at radius 1 is 1.09 bits per heavy atom. The zero-order chi connectivity index (χ0) is 15.9. The summed E-state index contributed by atoms with van der Waals surface area (Å²) in [6.07, 6.45) is 6.21. The molecule has 2 aliphatic heterocycles. The molecule has 2 heterocycles. The van der Waals surface area contributed by atoms with Crippen molar-refractivity contribution in [3.05, 3.63) is 76.9 Å². The van der Waals surface area contributed by atoms with Crippen LogP contribution >= 0.6 is 0 Å². The highest BCUT2D eigenvalue weighted by Crippen LogP contribution is 2.33. The van der Waals surface area contributed by atoms with Gasteiger partial charge in [0.1, 0.15) is 17.5 Å². The number of benzene rings is 1. The lowest BCUT2D eigenvalue weighted by molar-refractivity contribution is 0.494. The smallest absolute Gasteiger partial charge is 0.139 e. The van der Waals surface area contributed by atoms with Crippen molar-refractivity contribution in [2.45, 2.75) is 13.0 Å². The van der Waals surface area contributed by atoms with Gasteiger partial charge in [-0.1, -0.05) is 0 Å². The van der Waals surface area contributed by atoms with Crippen molar-refractivity contribution in [3.63, 3.8) is 0 Å². The number of rotatable bonds is 2. The van der Waals surface area contributed by atoms with Crippen LogP contribution in [0.15, 0.2) is 59.7 Å². The van der Waals surface area contributed by atoms with Gasteiger partial charge in [0.05, 0.1) is 0 Å². The normalized spacial score (nSPS) is 18.9. The van der Waals surface area contributed by atoms with Gasteiger partial charge < -0.3 is 10.6 Å².